The summed E-state index contributed by atoms with van der Waals surface area (Å²) >= 11 is 0. The molecule has 0 radical (unpaired) electrons. The molecule has 0 unspecified atom stereocenters. The van der Waals surface area contributed by atoms with Crippen LogP contribution in [-0.4, -0.2) is 74.8 Å². The number of fused-ring (bicyclic) bond motifs is 2. The number of hydrogen-bond donors (Lipinski definition) is 0. The Balaban J connectivity index is 0.000000573. The third-order valence-corrected chi connectivity index (χ3v) is 19.7. The van der Waals surface area contributed by atoms with Gasteiger partial charge in [0.05, 0.1) is 9.79 Å². The smallest absolute Gasteiger partial charge is 0.744 e. The fourth-order valence-corrected chi connectivity index (χ4v) is 13.6. The molecule has 0 fully saturated rings. The Kier molecular flexibility index (Phi) is 49.3. The number of benzene rings is 4. The Morgan fingerprint density at radius 2 is 0.400 bits per heavy atom. The van der Waals surface area contributed by atoms with E-state index >= 15 is 0 Å². The zero-order valence-corrected chi connectivity index (χ0v) is 61.6. The molecule has 4 aromatic rings. The average Bonchev–Trinajstić information content (AvgIpc) is 3.16. The van der Waals surface area contributed by atoms with Crippen molar-refractivity contribution >= 4 is 90.7 Å². The molecule has 0 atom stereocenters. The van der Waals surface area contributed by atoms with E-state index in [-0.39, 0.29) is 58.7 Å². The quantitative estimate of drug-likeness (QED) is 0.0247. The van der Waals surface area contributed by atoms with E-state index in [9.17, 15) is 25.9 Å². The maximum Gasteiger partial charge on any atom is 2.00 e. The third kappa shape index (κ3) is 39.6. The summed E-state index contributed by atoms with van der Waals surface area (Å²) in [6.07, 6.45) is 69.0. The van der Waals surface area contributed by atoms with Crippen LogP contribution in [0.1, 0.15) is 358 Å². The first-order chi connectivity index (χ1) is 40.9. The van der Waals surface area contributed by atoms with Crippen molar-refractivity contribution in [3.05, 3.63) is 82.9 Å². The first-order valence-electron chi connectivity index (χ1n) is 35.9. The van der Waals surface area contributed by atoms with Gasteiger partial charge in [0.25, 0.3) is 0 Å². The minimum Gasteiger partial charge on any atom is -0.744 e. The second-order valence-electron chi connectivity index (χ2n) is 25.7. The Morgan fingerprint density at radius 3 is 0.576 bits per heavy atom. The van der Waals surface area contributed by atoms with Gasteiger partial charge in [0.2, 0.25) is 0 Å². The Bertz CT molecular complexity index is 2300. The van der Waals surface area contributed by atoms with Gasteiger partial charge in [-0.25, -0.2) is 16.8 Å². The number of unbranched alkanes of at least 4 members (excludes halogenated alkanes) is 44. The SMILES string of the molecule is CCCCCCCCCCCCCCc1cc2ccc(S(=O)(=O)[O-])cc2cc1CCCCCCCCCCCCCC.CCCCCCCCCCCCCCc1cc2ccc(S(=O)(=O)[O-])cc2cc1CCCCCCCCCCCCCC.[Ba+2]. The predicted octanol–water partition coefficient (Wildman–Crippen LogP) is 24.1. The van der Waals surface area contributed by atoms with Gasteiger partial charge in [-0.15, -0.1) is 0 Å². The van der Waals surface area contributed by atoms with Crippen LogP contribution in [0.2, 0.25) is 0 Å². The topological polar surface area (TPSA) is 114 Å². The molecule has 0 amide bonds. The Morgan fingerprint density at radius 1 is 0.235 bits per heavy atom. The Labute approximate surface area is 565 Å². The van der Waals surface area contributed by atoms with Crippen LogP contribution in [-0.2, 0) is 45.9 Å². The van der Waals surface area contributed by atoms with E-state index in [0.29, 0.717) is 0 Å². The average molecular weight is 1340 g/mol. The molecule has 0 aromatic heterocycles. The molecule has 0 aliphatic heterocycles. The van der Waals surface area contributed by atoms with E-state index in [4.69, 9.17) is 0 Å². The van der Waals surface area contributed by atoms with Crippen molar-refractivity contribution in [2.75, 3.05) is 0 Å². The normalized spacial score (nSPS) is 11.8. The van der Waals surface area contributed by atoms with E-state index in [1.165, 1.54) is 343 Å². The van der Waals surface area contributed by atoms with Crippen molar-refractivity contribution in [2.24, 2.45) is 0 Å². The molecule has 0 aliphatic rings. The molecular formula is C76H126BaO6S2. The van der Waals surface area contributed by atoms with Gasteiger partial charge in [0.15, 0.2) is 0 Å². The summed E-state index contributed by atoms with van der Waals surface area (Å²) in [5, 5.41) is 3.82. The molecule has 480 valence electrons. The van der Waals surface area contributed by atoms with Crippen molar-refractivity contribution < 1.29 is 25.9 Å². The third-order valence-electron chi connectivity index (χ3n) is 18.0. The van der Waals surface area contributed by atoms with Crippen molar-refractivity contribution in [1.29, 1.82) is 0 Å². The molecule has 4 aromatic carbocycles. The fourth-order valence-electron chi connectivity index (χ4n) is 12.6. The number of rotatable bonds is 54. The molecule has 0 N–H and O–H groups in total. The number of hydrogen-bond acceptors (Lipinski definition) is 6. The number of aryl methyl sites for hydroxylation is 4. The van der Waals surface area contributed by atoms with Crippen molar-refractivity contribution in [2.45, 2.75) is 371 Å². The molecular weight excluding hydrogens is 1210 g/mol. The molecule has 0 spiro atoms. The summed E-state index contributed by atoms with van der Waals surface area (Å²) in [5.41, 5.74) is 5.52. The second-order valence-corrected chi connectivity index (χ2v) is 28.5. The van der Waals surface area contributed by atoms with Crippen molar-refractivity contribution in [1.82, 2.24) is 0 Å². The van der Waals surface area contributed by atoms with Gasteiger partial charge >= 0.3 is 48.9 Å². The standard InChI is InChI=1S/2C38H64O3S.Ba/c2*1-3-5-7-9-11-13-15-17-19-21-23-25-27-34-31-36-29-30-38(42(39,40)41)33-37(36)32-35(34)28-26-24-22-20-18-16-14-12-10-8-6-4-2;/h2*29-33H,3-28H2,1-2H3,(H,39,40,41);/q;;+2/p-2. The predicted molar refractivity (Wildman–Crippen MR) is 369 cm³/mol. The first-order valence-corrected chi connectivity index (χ1v) is 38.8. The van der Waals surface area contributed by atoms with Crippen LogP contribution >= 0.6 is 0 Å². The first kappa shape index (κ1) is 79.9. The molecule has 4 rings (SSSR count). The molecule has 0 saturated heterocycles. The van der Waals surface area contributed by atoms with Gasteiger partial charge in [-0.3, -0.25) is 0 Å². The fraction of sp³-hybridized carbons (Fsp3) is 0.737. The molecule has 0 aliphatic carbocycles. The minimum atomic E-state index is -4.44. The molecule has 6 nitrogen and oxygen atoms in total. The largest absolute Gasteiger partial charge is 2.00 e. The molecule has 0 bridgehead atoms. The van der Waals surface area contributed by atoms with E-state index in [1.54, 1.807) is 24.3 Å². The van der Waals surface area contributed by atoms with Crippen molar-refractivity contribution in [3.63, 3.8) is 0 Å². The van der Waals surface area contributed by atoms with E-state index in [2.05, 4.69) is 52.0 Å². The van der Waals surface area contributed by atoms with Crippen LogP contribution in [0, 0.1) is 0 Å². The van der Waals surface area contributed by atoms with Crippen LogP contribution < -0.4 is 0 Å². The summed E-state index contributed by atoms with van der Waals surface area (Å²) in [6, 6.07) is 18.5. The second kappa shape index (κ2) is 52.4. The van der Waals surface area contributed by atoms with Crippen LogP contribution in [0.25, 0.3) is 21.5 Å². The van der Waals surface area contributed by atoms with Crippen LogP contribution in [0.5, 0.6) is 0 Å². The summed E-state index contributed by atoms with van der Waals surface area (Å²) in [5.74, 6) is 0. The summed E-state index contributed by atoms with van der Waals surface area (Å²) in [7, 11) is -8.88. The zero-order valence-electron chi connectivity index (χ0n) is 55.5. The molecule has 0 saturated carbocycles. The zero-order chi connectivity index (χ0) is 60.6. The van der Waals surface area contributed by atoms with Gasteiger partial charge in [-0.05, 0) is 119 Å². The summed E-state index contributed by atoms with van der Waals surface area (Å²) < 4.78 is 69.7. The minimum absolute atomic E-state index is 0. The monoisotopic (exact) mass is 1340 g/mol. The van der Waals surface area contributed by atoms with Crippen LogP contribution in [0.3, 0.4) is 0 Å². The Hall–Kier alpha value is -1.21. The summed E-state index contributed by atoms with van der Waals surface area (Å²) in [6.45, 7) is 9.11. The molecule has 0 heterocycles. The van der Waals surface area contributed by atoms with Gasteiger partial charge in [0, 0.05) is 0 Å². The van der Waals surface area contributed by atoms with E-state index < -0.39 is 20.2 Å². The van der Waals surface area contributed by atoms with Gasteiger partial charge in [0.1, 0.15) is 20.2 Å². The maximum absolute atomic E-state index is 11.6. The molecule has 9 heteroatoms. The van der Waals surface area contributed by atoms with Crippen molar-refractivity contribution in [3.8, 4) is 0 Å². The summed E-state index contributed by atoms with van der Waals surface area (Å²) in [4.78, 5) is -0.250. The maximum atomic E-state index is 11.6. The van der Waals surface area contributed by atoms with E-state index in [1.807, 2.05) is 0 Å². The van der Waals surface area contributed by atoms with Gasteiger partial charge in [-0.1, -0.05) is 347 Å². The van der Waals surface area contributed by atoms with Gasteiger partial charge < -0.3 is 9.11 Å². The van der Waals surface area contributed by atoms with Crippen LogP contribution in [0.4, 0.5) is 0 Å². The van der Waals surface area contributed by atoms with Crippen LogP contribution in [0.15, 0.2) is 70.5 Å². The van der Waals surface area contributed by atoms with E-state index in [0.717, 1.165) is 47.2 Å². The van der Waals surface area contributed by atoms with Gasteiger partial charge in [-0.2, -0.15) is 0 Å². The molecule has 85 heavy (non-hydrogen) atoms.